The molecule has 148 valence electrons. The van der Waals surface area contributed by atoms with Gasteiger partial charge in [0.05, 0.1) is 12.8 Å². The SMILES string of the molecule is COc1cc(NC(C)C(=O)Nc2cc(C)ccc2C)ccc1N1CCCC1=O. The molecule has 6 nitrogen and oxygen atoms in total. The molecule has 2 aromatic rings. The molecule has 0 saturated carbocycles. The first-order valence-corrected chi connectivity index (χ1v) is 9.52. The summed E-state index contributed by atoms with van der Waals surface area (Å²) in [5.41, 5.74) is 4.46. The van der Waals surface area contributed by atoms with E-state index in [1.807, 2.05) is 57.2 Å². The number of methoxy groups -OCH3 is 1. The Morgan fingerprint density at radius 3 is 2.64 bits per heavy atom. The van der Waals surface area contributed by atoms with Gasteiger partial charge in [-0.3, -0.25) is 9.59 Å². The Morgan fingerprint density at radius 2 is 1.96 bits per heavy atom. The minimum absolute atomic E-state index is 0.111. The molecule has 1 aliphatic rings. The summed E-state index contributed by atoms with van der Waals surface area (Å²) in [5.74, 6) is 0.606. The highest BCUT2D eigenvalue weighted by Gasteiger charge is 2.24. The molecule has 1 aliphatic heterocycles. The van der Waals surface area contributed by atoms with E-state index in [0.717, 1.165) is 34.6 Å². The average Bonchev–Trinajstić information content (AvgIpc) is 3.10. The molecule has 0 aromatic heterocycles. The van der Waals surface area contributed by atoms with Crippen molar-refractivity contribution < 1.29 is 14.3 Å². The van der Waals surface area contributed by atoms with E-state index in [0.29, 0.717) is 18.7 Å². The van der Waals surface area contributed by atoms with Gasteiger partial charge in [-0.15, -0.1) is 0 Å². The number of aryl methyl sites for hydroxylation is 2. The van der Waals surface area contributed by atoms with E-state index in [-0.39, 0.29) is 11.8 Å². The molecule has 2 N–H and O–H groups in total. The van der Waals surface area contributed by atoms with E-state index < -0.39 is 6.04 Å². The van der Waals surface area contributed by atoms with E-state index >= 15 is 0 Å². The zero-order chi connectivity index (χ0) is 20.3. The Hall–Kier alpha value is -3.02. The third kappa shape index (κ3) is 4.27. The van der Waals surface area contributed by atoms with Gasteiger partial charge in [0, 0.05) is 30.4 Å². The average molecular weight is 381 g/mol. The first-order valence-electron chi connectivity index (χ1n) is 9.52. The minimum atomic E-state index is -0.441. The maximum atomic E-state index is 12.6. The van der Waals surface area contributed by atoms with Crippen LogP contribution in [0, 0.1) is 13.8 Å². The van der Waals surface area contributed by atoms with Gasteiger partial charge in [-0.25, -0.2) is 0 Å². The van der Waals surface area contributed by atoms with Gasteiger partial charge in [0.2, 0.25) is 11.8 Å². The maximum absolute atomic E-state index is 12.6. The molecule has 28 heavy (non-hydrogen) atoms. The van der Waals surface area contributed by atoms with Crippen LogP contribution in [0.1, 0.15) is 30.9 Å². The molecule has 0 radical (unpaired) electrons. The lowest BCUT2D eigenvalue weighted by molar-refractivity contribution is -0.117. The molecule has 3 rings (SSSR count). The molecule has 2 aromatic carbocycles. The van der Waals surface area contributed by atoms with Crippen molar-refractivity contribution in [2.24, 2.45) is 0 Å². The van der Waals surface area contributed by atoms with Crippen LogP contribution in [0.3, 0.4) is 0 Å². The third-order valence-corrected chi connectivity index (χ3v) is 4.97. The topological polar surface area (TPSA) is 70.7 Å². The molecule has 0 aliphatic carbocycles. The van der Waals surface area contributed by atoms with Crippen LogP contribution >= 0.6 is 0 Å². The number of carbonyl (C=O) groups excluding carboxylic acids is 2. The monoisotopic (exact) mass is 381 g/mol. The van der Waals surface area contributed by atoms with Gasteiger partial charge in [-0.05, 0) is 56.5 Å². The number of nitrogens with zero attached hydrogens (tertiary/aromatic N) is 1. The number of carbonyl (C=O) groups is 2. The Kier molecular flexibility index (Phi) is 5.87. The number of rotatable bonds is 6. The second kappa shape index (κ2) is 8.33. The summed E-state index contributed by atoms with van der Waals surface area (Å²) in [6, 6.07) is 11.1. The van der Waals surface area contributed by atoms with Crippen molar-refractivity contribution in [3.05, 3.63) is 47.5 Å². The number of hydrogen-bond acceptors (Lipinski definition) is 4. The predicted octanol–water partition coefficient (Wildman–Crippen LogP) is 3.88. The van der Waals surface area contributed by atoms with Gasteiger partial charge in [0.1, 0.15) is 11.8 Å². The summed E-state index contributed by atoms with van der Waals surface area (Å²) < 4.78 is 5.48. The Labute approximate surface area is 165 Å². The third-order valence-electron chi connectivity index (χ3n) is 4.97. The number of hydrogen-bond donors (Lipinski definition) is 2. The Bertz CT molecular complexity index is 895. The first kappa shape index (κ1) is 19.7. The van der Waals surface area contributed by atoms with Crippen molar-refractivity contribution in [1.29, 1.82) is 0 Å². The highest BCUT2D eigenvalue weighted by molar-refractivity contribution is 5.98. The summed E-state index contributed by atoms with van der Waals surface area (Å²) in [4.78, 5) is 26.4. The van der Waals surface area contributed by atoms with E-state index in [1.54, 1.807) is 12.0 Å². The quantitative estimate of drug-likeness (QED) is 0.797. The molecule has 1 heterocycles. The van der Waals surface area contributed by atoms with Crippen LogP contribution in [0.2, 0.25) is 0 Å². The highest BCUT2D eigenvalue weighted by Crippen LogP contribution is 2.34. The van der Waals surface area contributed by atoms with Crippen LogP contribution < -0.4 is 20.3 Å². The standard InChI is InChI=1S/C22H27N3O3/c1-14-7-8-15(2)18(12-14)24-22(27)16(3)23-17-9-10-19(20(13-17)28-4)25-11-5-6-21(25)26/h7-10,12-13,16,23H,5-6,11H2,1-4H3,(H,24,27). The number of ether oxygens (including phenoxy) is 1. The van der Waals surface area contributed by atoms with Gasteiger partial charge in [-0.1, -0.05) is 12.1 Å². The van der Waals surface area contributed by atoms with E-state index in [2.05, 4.69) is 10.6 Å². The smallest absolute Gasteiger partial charge is 0.246 e. The van der Waals surface area contributed by atoms with Gasteiger partial charge < -0.3 is 20.3 Å². The molecule has 1 atom stereocenters. The van der Waals surface area contributed by atoms with Crippen molar-refractivity contribution in [2.75, 3.05) is 29.2 Å². The predicted molar refractivity (Wildman–Crippen MR) is 112 cm³/mol. The van der Waals surface area contributed by atoms with Crippen LogP contribution in [0.25, 0.3) is 0 Å². The lowest BCUT2D eigenvalue weighted by atomic mass is 10.1. The van der Waals surface area contributed by atoms with Crippen molar-refractivity contribution in [3.8, 4) is 5.75 Å². The molecular weight excluding hydrogens is 354 g/mol. The molecule has 0 spiro atoms. The minimum Gasteiger partial charge on any atom is -0.494 e. The maximum Gasteiger partial charge on any atom is 0.246 e. The van der Waals surface area contributed by atoms with Gasteiger partial charge >= 0.3 is 0 Å². The van der Waals surface area contributed by atoms with E-state index in [1.165, 1.54) is 0 Å². The fourth-order valence-electron chi connectivity index (χ4n) is 3.32. The number of anilines is 3. The molecule has 0 bridgehead atoms. The van der Waals surface area contributed by atoms with Crippen molar-refractivity contribution in [1.82, 2.24) is 0 Å². The zero-order valence-corrected chi connectivity index (χ0v) is 16.8. The molecule has 1 fully saturated rings. The second-order valence-corrected chi connectivity index (χ2v) is 7.21. The summed E-state index contributed by atoms with van der Waals surface area (Å²) in [6.45, 7) is 6.48. The van der Waals surface area contributed by atoms with Crippen LogP contribution in [0.5, 0.6) is 5.75 Å². The summed E-state index contributed by atoms with van der Waals surface area (Å²) in [6.07, 6.45) is 1.43. The van der Waals surface area contributed by atoms with E-state index in [4.69, 9.17) is 4.74 Å². The lowest BCUT2D eigenvalue weighted by Crippen LogP contribution is -2.32. The molecule has 1 saturated heterocycles. The fraction of sp³-hybridized carbons (Fsp3) is 0.364. The van der Waals surface area contributed by atoms with Gasteiger partial charge in [0.15, 0.2) is 0 Å². The van der Waals surface area contributed by atoms with Crippen molar-refractivity contribution in [3.63, 3.8) is 0 Å². The van der Waals surface area contributed by atoms with Crippen LogP contribution in [-0.2, 0) is 9.59 Å². The number of nitrogens with one attached hydrogen (secondary N) is 2. The summed E-state index contributed by atoms with van der Waals surface area (Å²) in [7, 11) is 1.58. The van der Waals surface area contributed by atoms with Gasteiger partial charge in [0.25, 0.3) is 0 Å². The number of benzene rings is 2. The Morgan fingerprint density at radius 1 is 1.18 bits per heavy atom. The van der Waals surface area contributed by atoms with E-state index in [9.17, 15) is 9.59 Å². The highest BCUT2D eigenvalue weighted by atomic mass is 16.5. The molecule has 1 unspecified atom stereocenters. The summed E-state index contributed by atoms with van der Waals surface area (Å²) >= 11 is 0. The van der Waals surface area contributed by atoms with Crippen molar-refractivity contribution in [2.45, 2.75) is 39.7 Å². The second-order valence-electron chi connectivity index (χ2n) is 7.21. The number of amides is 2. The van der Waals surface area contributed by atoms with Crippen LogP contribution in [-0.4, -0.2) is 31.5 Å². The van der Waals surface area contributed by atoms with Crippen LogP contribution in [0.15, 0.2) is 36.4 Å². The largest absolute Gasteiger partial charge is 0.494 e. The zero-order valence-electron chi connectivity index (χ0n) is 16.8. The lowest BCUT2D eigenvalue weighted by Gasteiger charge is -2.21. The molecular formula is C22H27N3O3. The molecule has 6 heteroatoms. The summed E-state index contributed by atoms with van der Waals surface area (Å²) in [5, 5.41) is 6.18. The fourth-order valence-corrected chi connectivity index (χ4v) is 3.32. The Balaban J connectivity index is 1.71. The van der Waals surface area contributed by atoms with Gasteiger partial charge in [-0.2, -0.15) is 0 Å². The van der Waals surface area contributed by atoms with Crippen LogP contribution in [0.4, 0.5) is 17.1 Å². The normalized spacial score (nSPS) is 14.7. The molecule has 2 amide bonds. The first-order chi connectivity index (χ1) is 13.4. The van der Waals surface area contributed by atoms with Crippen molar-refractivity contribution >= 4 is 28.9 Å².